The van der Waals surface area contributed by atoms with E-state index >= 15 is 0 Å². The fourth-order valence-corrected chi connectivity index (χ4v) is 3.40. The summed E-state index contributed by atoms with van der Waals surface area (Å²) in [6.45, 7) is 5.66. The van der Waals surface area contributed by atoms with Gasteiger partial charge in [-0.1, -0.05) is 6.92 Å². The zero-order chi connectivity index (χ0) is 15.4. The Morgan fingerprint density at radius 2 is 1.75 bits per heavy atom. The molecular formula is C13H31NO5Si. The highest BCUT2D eigenvalue weighted by Crippen LogP contribution is 2.14. The van der Waals surface area contributed by atoms with E-state index in [-0.39, 0.29) is 0 Å². The van der Waals surface area contributed by atoms with Crippen LogP contribution >= 0.6 is 0 Å². The van der Waals surface area contributed by atoms with Gasteiger partial charge in [-0.2, -0.15) is 0 Å². The van der Waals surface area contributed by atoms with Crippen LogP contribution in [0.3, 0.4) is 0 Å². The standard InChI is InChI=1S/C13H31NO5Si/c1-6-12(2)14-10-13(15)11-19-8-7-9-20(16-3,17-4)18-5/h12-15H,6-11H2,1-5H3. The molecule has 0 rings (SSSR count). The maximum Gasteiger partial charge on any atom is 0.500 e. The number of nitrogens with one attached hydrogen (secondary N) is 1. The van der Waals surface area contributed by atoms with Crippen molar-refractivity contribution in [1.29, 1.82) is 0 Å². The molecule has 7 heteroatoms. The van der Waals surface area contributed by atoms with E-state index < -0.39 is 14.9 Å². The largest absolute Gasteiger partial charge is 0.500 e. The summed E-state index contributed by atoms with van der Waals surface area (Å²) in [5.74, 6) is 0. The molecule has 0 aromatic rings. The molecule has 0 aromatic heterocycles. The minimum atomic E-state index is -2.48. The summed E-state index contributed by atoms with van der Waals surface area (Å²) in [5, 5.41) is 13.0. The Balaban J connectivity index is 3.65. The van der Waals surface area contributed by atoms with Gasteiger partial charge in [0.1, 0.15) is 0 Å². The van der Waals surface area contributed by atoms with E-state index in [0.717, 1.165) is 12.8 Å². The van der Waals surface area contributed by atoms with Gasteiger partial charge in [-0.05, 0) is 19.8 Å². The lowest BCUT2D eigenvalue weighted by molar-refractivity contribution is 0.0341. The number of hydrogen-bond donors (Lipinski definition) is 2. The Morgan fingerprint density at radius 3 is 2.25 bits per heavy atom. The molecule has 0 saturated carbocycles. The van der Waals surface area contributed by atoms with Gasteiger partial charge in [0.05, 0.1) is 12.7 Å². The molecule has 6 nitrogen and oxygen atoms in total. The van der Waals surface area contributed by atoms with E-state index in [4.69, 9.17) is 18.0 Å². The molecular weight excluding hydrogens is 278 g/mol. The van der Waals surface area contributed by atoms with Gasteiger partial charge in [-0.25, -0.2) is 0 Å². The van der Waals surface area contributed by atoms with Gasteiger partial charge in [-0.15, -0.1) is 0 Å². The zero-order valence-electron chi connectivity index (χ0n) is 13.5. The van der Waals surface area contributed by atoms with Crippen LogP contribution < -0.4 is 5.32 Å². The van der Waals surface area contributed by atoms with Gasteiger partial charge >= 0.3 is 8.80 Å². The quantitative estimate of drug-likeness (QED) is 0.391. The molecule has 0 spiro atoms. The van der Waals surface area contributed by atoms with Gasteiger partial charge in [0, 0.05) is 46.6 Å². The van der Waals surface area contributed by atoms with E-state index in [1.54, 1.807) is 21.3 Å². The van der Waals surface area contributed by atoms with Crippen molar-refractivity contribution in [1.82, 2.24) is 5.32 Å². The summed E-state index contributed by atoms with van der Waals surface area (Å²) in [6.07, 6.45) is 1.36. The van der Waals surface area contributed by atoms with Crippen molar-refractivity contribution in [2.24, 2.45) is 0 Å². The topological polar surface area (TPSA) is 69.2 Å². The van der Waals surface area contributed by atoms with Crippen molar-refractivity contribution < 1.29 is 23.1 Å². The van der Waals surface area contributed by atoms with E-state index in [1.165, 1.54) is 0 Å². The zero-order valence-corrected chi connectivity index (χ0v) is 14.5. The van der Waals surface area contributed by atoms with Crippen molar-refractivity contribution in [2.45, 2.75) is 44.9 Å². The molecule has 2 N–H and O–H groups in total. The molecule has 0 radical (unpaired) electrons. The summed E-state index contributed by atoms with van der Waals surface area (Å²) in [6, 6.07) is 1.12. The molecule has 0 saturated heterocycles. The average molecular weight is 309 g/mol. The summed E-state index contributed by atoms with van der Waals surface area (Å²) >= 11 is 0. The number of aliphatic hydroxyl groups is 1. The van der Waals surface area contributed by atoms with E-state index in [9.17, 15) is 5.11 Å². The van der Waals surface area contributed by atoms with Crippen LogP contribution in [0.15, 0.2) is 0 Å². The predicted molar refractivity (Wildman–Crippen MR) is 80.8 cm³/mol. The highest BCUT2D eigenvalue weighted by atomic mass is 28.4. The van der Waals surface area contributed by atoms with Crippen molar-refractivity contribution in [3.05, 3.63) is 0 Å². The second kappa shape index (κ2) is 11.6. The Labute approximate surface area is 124 Å². The minimum absolute atomic E-state index is 0.338. The van der Waals surface area contributed by atoms with Gasteiger partial charge in [0.15, 0.2) is 0 Å². The molecule has 20 heavy (non-hydrogen) atoms. The molecule has 0 fully saturated rings. The maximum atomic E-state index is 9.74. The fraction of sp³-hybridized carbons (Fsp3) is 1.00. The number of rotatable bonds is 13. The first-order valence-corrected chi connectivity index (χ1v) is 9.11. The normalized spacial score (nSPS) is 15.3. The Kier molecular flexibility index (Phi) is 11.6. The monoisotopic (exact) mass is 309 g/mol. The van der Waals surface area contributed by atoms with Crippen LogP contribution in [-0.4, -0.2) is 67.1 Å². The summed E-state index contributed by atoms with van der Waals surface area (Å²) in [4.78, 5) is 0. The highest BCUT2D eigenvalue weighted by Gasteiger charge is 2.36. The van der Waals surface area contributed by atoms with Crippen LogP contribution in [0.5, 0.6) is 0 Å². The lowest BCUT2D eigenvalue weighted by Gasteiger charge is -2.24. The van der Waals surface area contributed by atoms with Crippen LogP contribution in [-0.2, 0) is 18.0 Å². The lowest BCUT2D eigenvalue weighted by Crippen LogP contribution is -2.42. The molecule has 0 amide bonds. The molecule has 0 aliphatic carbocycles. The molecule has 0 aromatic carbocycles. The molecule has 122 valence electrons. The second-order valence-electron chi connectivity index (χ2n) is 4.85. The molecule has 0 bridgehead atoms. The number of hydrogen-bond acceptors (Lipinski definition) is 6. The minimum Gasteiger partial charge on any atom is -0.389 e. The van der Waals surface area contributed by atoms with E-state index in [2.05, 4.69) is 19.2 Å². The Morgan fingerprint density at radius 1 is 1.15 bits per heavy atom. The Bertz CT molecular complexity index is 221. The van der Waals surface area contributed by atoms with Gasteiger partial charge in [0.25, 0.3) is 0 Å². The van der Waals surface area contributed by atoms with E-state index in [1.807, 2.05) is 0 Å². The third-order valence-electron chi connectivity index (χ3n) is 3.33. The van der Waals surface area contributed by atoms with Crippen LogP contribution in [0.25, 0.3) is 0 Å². The molecule has 0 heterocycles. The van der Waals surface area contributed by atoms with Gasteiger partial charge in [0.2, 0.25) is 0 Å². The van der Waals surface area contributed by atoms with Gasteiger partial charge in [-0.3, -0.25) is 0 Å². The average Bonchev–Trinajstić information content (AvgIpc) is 2.49. The second-order valence-corrected chi connectivity index (χ2v) is 7.94. The SMILES string of the molecule is CCC(C)NCC(O)COCCC[Si](OC)(OC)OC. The highest BCUT2D eigenvalue weighted by molar-refractivity contribution is 6.60. The van der Waals surface area contributed by atoms with Crippen molar-refractivity contribution >= 4 is 8.80 Å². The number of ether oxygens (including phenoxy) is 1. The van der Waals surface area contributed by atoms with Crippen LogP contribution in [0, 0.1) is 0 Å². The third kappa shape index (κ3) is 8.31. The summed E-state index contributed by atoms with van der Waals surface area (Å²) < 4.78 is 21.4. The molecule has 2 atom stereocenters. The van der Waals surface area contributed by atoms with Crippen molar-refractivity contribution in [3.63, 3.8) is 0 Å². The molecule has 0 aliphatic heterocycles. The van der Waals surface area contributed by atoms with Crippen LogP contribution in [0.1, 0.15) is 26.7 Å². The number of aliphatic hydroxyl groups excluding tert-OH is 1. The summed E-state index contributed by atoms with van der Waals surface area (Å²) in [7, 11) is 2.32. The molecule has 2 unspecified atom stereocenters. The van der Waals surface area contributed by atoms with Crippen LogP contribution in [0.4, 0.5) is 0 Å². The van der Waals surface area contributed by atoms with Crippen LogP contribution in [0.2, 0.25) is 6.04 Å². The first kappa shape index (κ1) is 20.0. The summed E-state index contributed by atoms with van der Waals surface area (Å²) in [5.41, 5.74) is 0. The first-order chi connectivity index (χ1) is 9.53. The lowest BCUT2D eigenvalue weighted by atomic mass is 10.2. The molecule has 0 aliphatic rings. The van der Waals surface area contributed by atoms with Crippen molar-refractivity contribution in [2.75, 3.05) is 41.1 Å². The fourth-order valence-electron chi connectivity index (χ4n) is 1.71. The van der Waals surface area contributed by atoms with E-state index in [0.29, 0.717) is 31.8 Å². The maximum absolute atomic E-state index is 9.74. The van der Waals surface area contributed by atoms with Gasteiger partial charge < -0.3 is 28.4 Å². The predicted octanol–water partition coefficient (Wildman–Crippen LogP) is 1.02. The smallest absolute Gasteiger partial charge is 0.389 e. The Hall–Kier alpha value is -0.0231. The third-order valence-corrected chi connectivity index (χ3v) is 6.16. The van der Waals surface area contributed by atoms with Crippen molar-refractivity contribution in [3.8, 4) is 0 Å². The first-order valence-electron chi connectivity index (χ1n) is 7.18.